The summed E-state index contributed by atoms with van der Waals surface area (Å²) in [4.78, 5) is 31.5. The van der Waals surface area contributed by atoms with Crippen molar-refractivity contribution in [3.8, 4) is 0 Å². The smallest absolute Gasteiger partial charge is 0.150 e. The molecule has 0 atom stereocenters. The number of nitrogens with two attached hydrogens (primary N) is 3. The topological polar surface area (TPSA) is 228 Å². The summed E-state index contributed by atoms with van der Waals surface area (Å²) in [5, 5.41) is 28.3. The Balaban J connectivity index is -0.0000000343. The maximum Gasteiger partial charge on any atom is 0.150 e. The van der Waals surface area contributed by atoms with Crippen LogP contribution in [0.1, 0.15) is 138 Å². The van der Waals surface area contributed by atoms with E-state index in [2.05, 4.69) is 24.2 Å². The molecule has 15 heteroatoms. The van der Waals surface area contributed by atoms with E-state index >= 15 is 0 Å². The summed E-state index contributed by atoms with van der Waals surface area (Å²) in [5.74, 6) is 0. The molecule has 0 spiro atoms. The molecule has 0 saturated heterocycles. The summed E-state index contributed by atoms with van der Waals surface area (Å²) in [6.07, 6.45) is 7.39. The van der Waals surface area contributed by atoms with Gasteiger partial charge in [-0.3, -0.25) is 9.79 Å². The van der Waals surface area contributed by atoms with Crippen molar-refractivity contribution >= 4 is 43.7 Å². The van der Waals surface area contributed by atoms with E-state index in [0.717, 1.165) is 92.5 Å². The summed E-state index contributed by atoms with van der Waals surface area (Å²) in [7, 11) is 0. The number of carbonyl (C=O) groups excluding carboxylic acids is 3. The molecule has 0 aromatic heterocycles. The maximum atomic E-state index is 10.0. The summed E-state index contributed by atoms with van der Waals surface area (Å²) < 4.78 is 0. The first-order valence-corrected chi connectivity index (χ1v) is 21.6. The van der Waals surface area contributed by atoms with Crippen LogP contribution in [0.15, 0.2) is 126 Å². The Morgan fingerprint density at radius 1 is 0.448 bits per heavy atom. The number of carbonyl (C=O) groups is 3. The van der Waals surface area contributed by atoms with Crippen molar-refractivity contribution in [1.29, 1.82) is 0 Å². The van der Waals surface area contributed by atoms with Crippen LogP contribution in [0.5, 0.6) is 0 Å². The molecule has 0 heterocycles. The molecule has 67 heavy (non-hydrogen) atoms. The molecule has 0 aliphatic rings. The van der Waals surface area contributed by atoms with Crippen LogP contribution in [0.3, 0.4) is 0 Å². The van der Waals surface area contributed by atoms with E-state index in [1.807, 2.05) is 192 Å². The Bertz CT molecular complexity index is 1150. The standard InChI is InChI=1S/3C7H6N.C7H6O.C4H11N.C4H9N.2C2H7N.2C2H4O.4C2H6.H2N.4Y/c4*8-6-7-4-2-1-3-5-7;2*1-3-5-4-2;4*1-2-3;4*1-2;;;;;/h4*1-6H;5H,3-4H2,1-2H3;3H,4H2,1-2H3;2*2-3H2,1H3;2*2H,1H3;4*1-2H3;1H2;;;;/q3*-1;;;;;;;;;;;;-1;;;;. The third-order valence-electron chi connectivity index (χ3n) is 4.65. The number of aliphatic imine (C=N–C) groups is 1. The summed E-state index contributed by atoms with van der Waals surface area (Å²) >= 11 is 0. The molecule has 4 rings (SSSR count). The minimum Gasteiger partial charge on any atom is -0.810 e. The molecule has 0 fully saturated rings. The molecule has 0 amide bonds. The number of nitrogens with one attached hydrogen (secondary N) is 1. The molecule has 4 radical (unpaired) electrons. The molecular weight excluding hydrogens is 1140 g/mol. The molecule has 0 unspecified atom stereocenters. The van der Waals surface area contributed by atoms with Gasteiger partial charge in [0.1, 0.15) is 18.9 Å². The van der Waals surface area contributed by atoms with Crippen molar-refractivity contribution in [2.24, 2.45) is 16.5 Å². The van der Waals surface area contributed by atoms with Crippen molar-refractivity contribution < 1.29 is 145 Å². The summed E-state index contributed by atoms with van der Waals surface area (Å²) in [5.41, 5.74) is 12.9. The van der Waals surface area contributed by atoms with Crippen LogP contribution in [-0.2, 0) is 140 Å². The molecule has 4 aromatic carbocycles. The minimum absolute atomic E-state index is 0. The predicted molar refractivity (Wildman–Crippen MR) is 289 cm³/mol. The second kappa shape index (κ2) is 131. The SMILES string of the molecule is CC.CC.CC.CC.CC=NCC.CC=O.CC=O.CCN.CCN.CCNCC.O=Cc1ccccc1.[N-]=Cc1ccccc1.[N-]=Cc1ccccc1.[N-]=Cc1ccccc1.[NH2-].[Y].[Y].[Y].[Y]. The number of benzene rings is 4. The molecule has 0 saturated carbocycles. The Morgan fingerprint density at radius 3 is 0.687 bits per heavy atom. The fraction of sp³-hybridized carbons (Fsp3) is 0.404. The zero-order chi connectivity index (χ0) is 50.4. The molecule has 11 nitrogen and oxygen atoms in total. The van der Waals surface area contributed by atoms with Crippen molar-refractivity contribution in [1.82, 2.24) is 5.32 Å². The van der Waals surface area contributed by atoms with Crippen molar-refractivity contribution in [2.75, 3.05) is 32.7 Å². The van der Waals surface area contributed by atoms with E-state index in [9.17, 15) is 4.79 Å². The third kappa shape index (κ3) is 140. The van der Waals surface area contributed by atoms with Gasteiger partial charge in [-0.2, -0.15) is 18.6 Å². The Morgan fingerprint density at radius 2 is 0.627 bits per heavy atom. The van der Waals surface area contributed by atoms with Gasteiger partial charge in [-0.05, 0) is 76.8 Å². The zero-order valence-electron chi connectivity index (χ0n) is 44.7. The van der Waals surface area contributed by atoms with Crippen molar-refractivity contribution in [3.63, 3.8) is 0 Å². The van der Waals surface area contributed by atoms with Gasteiger partial charge in [0.2, 0.25) is 0 Å². The number of aldehydes is 3. The Labute approximate surface area is 513 Å². The van der Waals surface area contributed by atoms with Gasteiger partial charge in [-0.15, -0.1) is 0 Å². The Kier molecular flexibility index (Phi) is 210. The first-order valence-electron chi connectivity index (χ1n) is 21.6. The largest absolute Gasteiger partial charge is 0.810 e. The van der Waals surface area contributed by atoms with Gasteiger partial charge in [-0.25, -0.2) is 0 Å². The monoisotopic (exact) mass is 1230 g/mol. The van der Waals surface area contributed by atoms with E-state index in [1.165, 1.54) is 13.8 Å². The van der Waals surface area contributed by atoms with Crippen LogP contribution in [0, 0.1) is 0 Å². The van der Waals surface area contributed by atoms with E-state index < -0.39 is 0 Å². The van der Waals surface area contributed by atoms with Crippen LogP contribution in [0.2, 0.25) is 0 Å². The van der Waals surface area contributed by atoms with Gasteiger partial charge < -0.3 is 48.8 Å². The number of nitrogens with zero attached hydrogens (tertiary/aromatic N) is 4. The maximum absolute atomic E-state index is 10.0. The fourth-order valence-corrected chi connectivity index (χ4v) is 2.58. The van der Waals surface area contributed by atoms with Gasteiger partial charge in [0.25, 0.3) is 0 Å². The average Bonchev–Trinajstić information content (AvgIpc) is 3.35. The Hall–Kier alpha value is -1.17. The molecule has 374 valence electrons. The second-order valence-electron chi connectivity index (χ2n) is 9.15. The van der Waals surface area contributed by atoms with Gasteiger partial charge in [0.15, 0.2) is 0 Å². The van der Waals surface area contributed by atoms with E-state index in [-0.39, 0.29) is 137 Å². The minimum atomic E-state index is 0. The van der Waals surface area contributed by atoms with Crippen LogP contribution in [0.25, 0.3) is 22.4 Å². The first kappa shape index (κ1) is 107. The van der Waals surface area contributed by atoms with Crippen LogP contribution in [0.4, 0.5) is 0 Å². The van der Waals surface area contributed by atoms with Gasteiger partial charge >= 0.3 is 0 Å². The summed E-state index contributed by atoms with van der Waals surface area (Å²) in [6.45, 7) is 35.4. The van der Waals surface area contributed by atoms with Crippen LogP contribution < -0.4 is 16.8 Å². The second-order valence-corrected chi connectivity index (χ2v) is 9.15. The molecule has 0 aliphatic carbocycles. The fourth-order valence-electron chi connectivity index (χ4n) is 2.58. The number of hydrogen-bond acceptors (Lipinski definition) is 7. The first-order chi connectivity index (χ1) is 30.2. The van der Waals surface area contributed by atoms with Gasteiger partial charge in [0.05, 0.1) is 0 Å². The normalized spacial score (nSPS) is 6.72. The average molecular weight is 1230 g/mol. The van der Waals surface area contributed by atoms with Crippen molar-refractivity contribution in [2.45, 2.75) is 111 Å². The van der Waals surface area contributed by atoms with Crippen molar-refractivity contribution in [3.05, 3.63) is 166 Å². The molecular formula is C52H92N8O3Y4-4. The van der Waals surface area contributed by atoms with Gasteiger partial charge in [0, 0.05) is 143 Å². The third-order valence-corrected chi connectivity index (χ3v) is 4.65. The van der Waals surface area contributed by atoms with E-state index in [0.29, 0.717) is 0 Å². The van der Waals surface area contributed by atoms with Crippen LogP contribution >= 0.6 is 0 Å². The van der Waals surface area contributed by atoms with E-state index in [4.69, 9.17) is 37.3 Å². The predicted octanol–water partition coefficient (Wildman–Crippen LogP) is 13.4. The van der Waals surface area contributed by atoms with Gasteiger partial charge in [-0.1, -0.05) is 204 Å². The zero-order valence-corrected chi connectivity index (χ0v) is 56.0. The van der Waals surface area contributed by atoms with Crippen LogP contribution in [-0.4, -0.2) is 76.4 Å². The molecule has 4 aromatic rings. The summed E-state index contributed by atoms with van der Waals surface area (Å²) in [6, 6.07) is 37.1. The molecule has 7 N–H and O–H groups in total. The molecule has 0 aliphatic heterocycles. The number of hydrogen-bond donors (Lipinski definition) is 3. The quantitative estimate of drug-likeness (QED) is 0.120. The number of rotatable bonds is 7. The van der Waals surface area contributed by atoms with E-state index in [1.54, 1.807) is 18.3 Å². The molecule has 0 bridgehead atoms.